The molecule has 0 bridgehead atoms. The van der Waals surface area contributed by atoms with Crippen molar-refractivity contribution >= 4 is 29.1 Å². The number of anilines is 2. The molecule has 1 aromatic heterocycles. The van der Waals surface area contributed by atoms with Gasteiger partial charge >= 0.3 is 6.18 Å². The molecule has 1 amide bonds. The van der Waals surface area contributed by atoms with Crippen LogP contribution >= 0.6 is 11.6 Å². The van der Waals surface area contributed by atoms with Crippen LogP contribution in [-0.2, 0) is 6.18 Å². The second kappa shape index (κ2) is 7.49. The zero-order valence-corrected chi connectivity index (χ0v) is 14.4. The highest BCUT2D eigenvalue weighted by molar-refractivity contribution is 6.30. The molecule has 2 aromatic rings. The first-order valence-electron chi connectivity index (χ1n) is 8.11. The van der Waals surface area contributed by atoms with Crippen molar-refractivity contribution in [3.8, 4) is 0 Å². The zero-order chi connectivity index (χ0) is 18.7. The van der Waals surface area contributed by atoms with E-state index in [4.69, 9.17) is 11.6 Å². The monoisotopic (exact) mass is 384 g/mol. The molecule has 0 unspecified atom stereocenters. The summed E-state index contributed by atoms with van der Waals surface area (Å²) in [7, 11) is 0. The molecule has 2 heterocycles. The number of nitrogens with zero attached hydrogens (tertiary/aromatic N) is 3. The third kappa shape index (κ3) is 4.24. The number of carbonyl (C=O) groups is 1. The number of hydrogen-bond acceptors (Lipinski definition) is 4. The smallest absolute Gasteiger partial charge is 0.341 e. The third-order valence-corrected chi connectivity index (χ3v) is 4.28. The predicted octanol–water partition coefficient (Wildman–Crippen LogP) is 4.39. The highest BCUT2D eigenvalue weighted by atomic mass is 35.5. The Hall–Kier alpha value is -2.35. The van der Waals surface area contributed by atoms with E-state index >= 15 is 0 Å². The van der Waals surface area contributed by atoms with Crippen LogP contribution in [0, 0.1) is 0 Å². The number of amides is 1. The Morgan fingerprint density at radius 2 is 1.88 bits per heavy atom. The Bertz CT molecular complexity index is 807. The molecule has 0 atom stereocenters. The summed E-state index contributed by atoms with van der Waals surface area (Å²) in [4.78, 5) is 22.7. The molecule has 1 aliphatic heterocycles. The van der Waals surface area contributed by atoms with Gasteiger partial charge in [-0.15, -0.1) is 0 Å². The highest BCUT2D eigenvalue weighted by Crippen LogP contribution is 2.36. The van der Waals surface area contributed by atoms with E-state index in [-0.39, 0.29) is 16.4 Å². The Kier molecular flexibility index (Phi) is 5.31. The summed E-state index contributed by atoms with van der Waals surface area (Å²) in [6.07, 6.45) is -0.0526. The minimum absolute atomic E-state index is 0.00338. The second-order valence-corrected chi connectivity index (χ2v) is 6.37. The largest absolute Gasteiger partial charge is 0.418 e. The van der Waals surface area contributed by atoms with Gasteiger partial charge in [0.1, 0.15) is 5.69 Å². The fraction of sp³-hybridized carbons (Fsp3) is 0.353. The van der Waals surface area contributed by atoms with E-state index in [0.29, 0.717) is 5.95 Å². The number of carbonyl (C=O) groups excluding carboxylic acids is 1. The minimum Gasteiger partial charge on any atom is -0.341 e. The lowest BCUT2D eigenvalue weighted by Crippen LogP contribution is -2.31. The van der Waals surface area contributed by atoms with Crippen molar-refractivity contribution in [2.24, 2.45) is 0 Å². The summed E-state index contributed by atoms with van der Waals surface area (Å²) in [5.41, 5.74) is -1.38. The van der Waals surface area contributed by atoms with Gasteiger partial charge in [-0.25, -0.2) is 9.97 Å². The maximum atomic E-state index is 13.1. The number of alkyl halides is 3. The van der Waals surface area contributed by atoms with Crippen LogP contribution in [0.25, 0.3) is 0 Å². The molecule has 26 heavy (non-hydrogen) atoms. The lowest BCUT2D eigenvalue weighted by molar-refractivity contribution is -0.136. The number of halogens is 4. The van der Waals surface area contributed by atoms with E-state index < -0.39 is 17.6 Å². The molecule has 1 N–H and O–H groups in total. The van der Waals surface area contributed by atoms with Gasteiger partial charge in [-0.2, -0.15) is 13.2 Å². The molecule has 1 aromatic carbocycles. The second-order valence-electron chi connectivity index (χ2n) is 5.93. The molecule has 5 nitrogen and oxygen atoms in total. The maximum absolute atomic E-state index is 13.1. The minimum atomic E-state index is -4.64. The Morgan fingerprint density at radius 3 is 2.58 bits per heavy atom. The Balaban J connectivity index is 1.83. The first kappa shape index (κ1) is 18.4. The summed E-state index contributed by atoms with van der Waals surface area (Å²) in [6.45, 7) is 1.58. The average Bonchev–Trinajstić information content (AvgIpc) is 2.63. The van der Waals surface area contributed by atoms with Crippen molar-refractivity contribution < 1.29 is 18.0 Å². The number of nitrogens with one attached hydrogen (secondary N) is 1. The molecule has 9 heteroatoms. The van der Waals surface area contributed by atoms with E-state index in [2.05, 4.69) is 15.3 Å². The van der Waals surface area contributed by atoms with Gasteiger partial charge in [0.15, 0.2) is 0 Å². The fourth-order valence-corrected chi connectivity index (χ4v) is 2.94. The molecule has 1 fully saturated rings. The lowest BCUT2D eigenvalue weighted by Gasteiger charge is -2.26. The van der Waals surface area contributed by atoms with Gasteiger partial charge in [-0.3, -0.25) is 4.79 Å². The number of benzene rings is 1. The summed E-state index contributed by atoms with van der Waals surface area (Å²) < 4.78 is 39.4. The molecule has 0 radical (unpaired) electrons. The van der Waals surface area contributed by atoms with Gasteiger partial charge in [0.25, 0.3) is 5.91 Å². The van der Waals surface area contributed by atoms with Gasteiger partial charge in [0.05, 0.1) is 11.3 Å². The fourth-order valence-electron chi connectivity index (χ4n) is 2.77. The average molecular weight is 385 g/mol. The first-order valence-corrected chi connectivity index (χ1v) is 8.48. The van der Waals surface area contributed by atoms with Crippen LogP contribution in [-0.4, -0.2) is 29.0 Å². The molecule has 3 rings (SSSR count). The van der Waals surface area contributed by atoms with Crippen LogP contribution in [0.4, 0.5) is 24.8 Å². The standard InChI is InChI=1S/C17H16ClF3N4O/c18-11-4-5-13(12(10-11)17(19,20)21)23-15(26)14-6-7-22-16(24-14)25-8-2-1-3-9-25/h4-7,10H,1-3,8-9H2,(H,23,26). The van der Waals surface area contributed by atoms with Crippen LogP contribution in [0.1, 0.15) is 35.3 Å². The van der Waals surface area contributed by atoms with Crippen molar-refractivity contribution in [3.05, 3.63) is 46.7 Å². The van der Waals surface area contributed by atoms with Gasteiger partial charge in [0, 0.05) is 24.3 Å². The summed E-state index contributed by atoms with van der Waals surface area (Å²) >= 11 is 5.64. The van der Waals surface area contributed by atoms with Gasteiger partial charge < -0.3 is 10.2 Å². The van der Waals surface area contributed by atoms with Crippen molar-refractivity contribution in [3.63, 3.8) is 0 Å². The maximum Gasteiger partial charge on any atom is 0.418 e. The van der Waals surface area contributed by atoms with E-state index in [1.165, 1.54) is 18.3 Å². The summed E-state index contributed by atoms with van der Waals surface area (Å²) in [5.74, 6) is -0.331. The van der Waals surface area contributed by atoms with Crippen LogP contribution in [0.3, 0.4) is 0 Å². The summed E-state index contributed by atoms with van der Waals surface area (Å²) in [5, 5.41) is 2.20. The van der Waals surface area contributed by atoms with Crippen molar-refractivity contribution in [2.45, 2.75) is 25.4 Å². The predicted molar refractivity (Wildman–Crippen MR) is 92.5 cm³/mol. The molecular formula is C17H16ClF3N4O. The SMILES string of the molecule is O=C(Nc1ccc(Cl)cc1C(F)(F)F)c1ccnc(N2CCCCC2)n1. The van der Waals surface area contributed by atoms with Gasteiger partial charge in [-0.05, 0) is 43.5 Å². The van der Waals surface area contributed by atoms with E-state index in [9.17, 15) is 18.0 Å². The topological polar surface area (TPSA) is 58.1 Å². The molecule has 0 saturated carbocycles. The van der Waals surface area contributed by atoms with Crippen LogP contribution in [0.5, 0.6) is 0 Å². The zero-order valence-electron chi connectivity index (χ0n) is 13.7. The van der Waals surface area contributed by atoms with E-state index in [1.807, 2.05) is 4.90 Å². The normalized spacial score (nSPS) is 15.0. The Labute approximate surface area is 153 Å². The molecule has 0 aliphatic carbocycles. The number of rotatable bonds is 3. The number of hydrogen-bond donors (Lipinski definition) is 1. The van der Waals surface area contributed by atoms with E-state index in [0.717, 1.165) is 44.5 Å². The van der Waals surface area contributed by atoms with Crippen molar-refractivity contribution in [2.75, 3.05) is 23.3 Å². The summed E-state index contributed by atoms with van der Waals surface area (Å²) in [6, 6.07) is 4.55. The first-order chi connectivity index (χ1) is 12.3. The molecule has 1 saturated heterocycles. The quantitative estimate of drug-likeness (QED) is 0.852. The number of aromatic nitrogens is 2. The Morgan fingerprint density at radius 1 is 1.15 bits per heavy atom. The van der Waals surface area contributed by atoms with Crippen LogP contribution in [0.2, 0.25) is 5.02 Å². The third-order valence-electron chi connectivity index (χ3n) is 4.05. The van der Waals surface area contributed by atoms with Crippen molar-refractivity contribution in [1.29, 1.82) is 0 Å². The molecule has 138 valence electrons. The van der Waals surface area contributed by atoms with Crippen molar-refractivity contribution in [1.82, 2.24) is 9.97 Å². The molecular weight excluding hydrogens is 369 g/mol. The number of piperidine rings is 1. The molecule has 0 spiro atoms. The highest BCUT2D eigenvalue weighted by Gasteiger charge is 2.34. The lowest BCUT2D eigenvalue weighted by atomic mass is 10.1. The van der Waals surface area contributed by atoms with Gasteiger partial charge in [-0.1, -0.05) is 11.6 Å². The van der Waals surface area contributed by atoms with Gasteiger partial charge in [0.2, 0.25) is 5.95 Å². The van der Waals surface area contributed by atoms with Crippen LogP contribution in [0.15, 0.2) is 30.5 Å². The van der Waals surface area contributed by atoms with E-state index in [1.54, 1.807) is 0 Å². The van der Waals surface area contributed by atoms with Crippen LogP contribution < -0.4 is 10.2 Å². The molecule has 1 aliphatic rings.